The molecule has 390 valence electrons. The van der Waals surface area contributed by atoms with E-state index in [0.29, 0.717) is 19.3 Å². The van der Waals surface area contributed by atoms with Gasteiger partial charge in [-0.2, -0.15) is 0 Å². The SMILES string of the molecule is CC\C=C/C=C\C=C/C=C\CCCCCCCC(=O)OCC(COC(=O)CC/C=C\C/C=C\C/C=C\C/C=C\C/C=C\C/C=C\CC)OC(=O)CC/C=C\C/C=C\C/C=C\C/C=C\C/C=C\C/C=C\CC. The Morgan fingerprint density at radius 3 is 1.01 bits per heavy atom. The van der Waals surface area contributed by atoms with Crippen LogP contribution < -0.4 is 0 Å². The number of esters is 3. The number of unbranched alkanes of at least 4 members (excludes halogenated alkanes) is 5. The molecular formula is C65H94O6. The zero-order valence-electron chi connectivity index (χ0n) is 44.4. The first-order valence-electron chi connectivity index (χ1n) is 27.0. The van der Waals surface area contributed by atoms with Crippen LogP contribution in [0.3, 0.4) is 0 Å². The Morgan fingerprint density at radius 2 is 0.606 bits per heavy atom. The molecule has 0 spiro atoms. The van der Waals surface area contributed by atoms with Gasteiger partial charge in [0.1, 0.15) is 13.2 Å². The molecule has 0 fully saturated rings. The van der Waals surface area contributed by atoms with Gasteiger partial charge in [-0.05, 0) is 116 Å². The Bertz CT molecular complexity index is 1780. The van der Waals surface area contributed by atoms with Gasteiger partial charge in [-0.1, -0.05) is 234 Å². The average Bonchev–Trinajstić information content (AvgIpc) is 3.37. The highest BCUT2D eigenvalue weighted by Gasteiger charge is 2.19. The van der Waals surface area contributed by atoms with E-state index >= 15 is 0 Å². The molecule has 0 radical (unpaired) electrons. The summed E-state index contributed by atoms with van der Waals surface area (Å²) >= 11 is 0. The van der Waals surface area contributed by atoms with Crippen molar-refractivity contribution < 1.29 is 28.6 Å². The van der Waals surface area contributed by atoms with Crippen molar-refractivity contribution in [3.8, 4) is 0 Å². The van der Waals surface area contributed by atoms with Crippen molar-refractivity contribution in [2.45, 2.75) is 181 Å². The number of hydrogen-bond acceptors (Lipinski definition) is 6. The van der Waals surface area contributed by atoms with E-state index in [1.807, 2.05) is 48.6 Å². The van der Waals surface area contributed by atoms with E-state index in [0.717, 1.165) is 122 Å². The highest BCUT2D eigenvalue weighted by atomic mass is 16.6. The normalized spacial score (nSPS) is 13.7. The third kappa shape index (κ3) is 55.1. The van der Waals surface area contributed by atoms with Crippen molar-refractivity contribution in [3.63, 3.8) is 0 Å². The van der Waals surface area contributed by atoms with Crippen LogP contribution >= 0.6 is 0 Å². The highest BCUT2D eigenvalue weighted by Crippen LogP contribution is 2.10. The Morgan fingerprint density at radius 1 is 0.296 bits per heavy atom. The van der Waals surface area contributed by atoms with Crippen LogP contribution in [0.4, 0.5) is 0 Å². The highest BCUT2D eigenvalue weighted by molar-refractivity contribution is 5.71. The van der Waals surface area contributed by atoms with Crippen LogP contribution in [0.5, 0.6) is 0 Å². The minimum absolute atomic E-state index is 0.156. The Balaban J connectivity index is 4.71. The zero-order valence-corrected chi connectivity index (χ0v) is 44.4. The van der Waals surface area contributed by atoms with E-state index in [4.69, 9.17) is 14.2 Å². The molecule has 6 nitrogen and oxygen atoms in total. The predicted octanol–water partition coefficient (Wildman–Crippen LogP) is 18.3. The lowest BCUT2D eigenvalue weighted by atomic mass is 10.1. The molecule has 0 aromatic rings. The maximum absolute atomic E-state index is 12.8. The molecule has 6 heteroatoms. The van der Waals surface area contributed by atoms with Crippen molar-refractivity contribution in [3.05, 3.63) is 194 Å². The number of allylic oxidation sites excluding steroid dienone is 32. The smallest absolute Gasteiger partial charge is 0.306 e. The van der Waals surface area contributed by atoms with E-state index in [1.165, 1.54) is 0 Å². The van der Waals surface area contributed by atoms with E-state index < -0.39 is 18.0 Å². The number of carbonyl (C=O) groups excluding carboxylic acids is 3. The van der Waals surface area contributed by atoms with Gasteiger partial charge in [-0.15, -0.1) is 0 Å². The molecular weight excluding hydrogens is 877 g/mol. The average molecular weight is 971 g/mol. The molecule has 0 amide bonds. The van der Waals surface area contributed by atoms with E-state index in [2.05, 4.69) is 167 Å². The van der Waals surface area contributed by atoms with Crippen LogP contribution in [0, 0.1) is 0 Å². The minimum Gasteiger partial charge on any atom is -0.462 e. The summed E-state index contributed by atoms with van der Waals surface area (Å²) < 4.78 is 16.7. The van der Waals surface area contributed by atoms with E-state index in [9.17, 15) is 14.4 Å². The predicted molar refractivity (Wildman–Crippen MR) is 306 cm³/mol. The summed E-state index contributed by atoms with van der Waals surface area (Å²) in [5.41, 5.74) is 0. The van der Waals surface area contributed by atoms with Crippen molar-refractivity contribution >= 4 is 17.9 Å². The molecule has 0 heterocycles. The Hall–Kier alpha value is -5.75. The second-order valence-corrected chi connectivity index (χ2v) is 16.7. The van der Waals surface area contributed by atoms with Gasteiger partial charge in [0, 0.05) is 19.3 Å². The van der Waals surface area contributed by atoms with Crippen LogP contribution in [0.2, 0.25) is 0 Å². The lowest BCUT2D eigenvalue weighted by molar-refractivity contribution is -0.166. The quantitative estimate of drug-likeness (QED) is 0.0199. The standard InChI is InChI=1S/C65H94O6/c1-4-7-10-13-16-19-22-25-28-30-32-34-37-40-43-46-49-52-55-58-64(67)70-61-62(60-69-63(66)57-54-51-48-45-42-39-36-27-24-21-18-15-12-9-6-3)71-65(68)59-56-53-50-47-44-41-38-35-33-31-29-26-23-20-17-14-11-8-5-2/h7-12,15-21,24-29,32-36,40-41,43-44,49-50,52-53,62H,4-6,13-14,22-23,30-31,37-39,42,45-48,51,54-61H2,1-3H3/b10-7-,11-8-,12-9-,18-15-,19-16-,20-17-,24-21-,28-25-,29-26-,34-32-,35-33-,36-27-,43-40-,44-41-,52-49-,53-50-. The Labute approximate surface area is 433 Å². The first-order valence-corrected chi connectivity index (χ1v) is 27.0. The molecule has 0 N–H and O–H groups in total. The van der Waals surface area contributed by atoms with Gasteiger partial charge in [0.05, 0.1) is 0 Å². The zero-order chi connectivity index (χ0) is 51.4. The van der Waals surface area contributed by atoms with Gasteiger partial charge in [-0.25, -0.2) is 0 Å². The van der Waals surface area contributed by atoms with Gasteiger partial charge in [0.15, 0.2) is 6.10 Å². The molecule has 1 unspecified atom stereocenters. The Kier molecular flexibility index (Phi) is 52.2. The number of ether oxygens (including phenoxy) is 3. The molecule has 0 rings (SSSR count). The summed E-state index contributed by atoms with van der Waals surface area (Å²) in [5, 5.41) is 0. The molecule has 0 aromatic heterocycles. The van der Waals surface area contributed by atoms with Gasteiger partial charge < -0.3 is 14.2 Å². The lowest BCUT2D eigenvalue weighted by Crippen LogP contribution is -2.30. The molecule has 0 saturated heterocycles. The van der Waals surface area contributed by atoms with Crippen molar-refractivity contribution in [2.24, 2.45) is 0 Å². The summed E-state index contributed by atoms with van der Waals surface area (Å²) in [6.07, 6.45) is 87.2. The van der Waals surface area contributed by atoms with Crippen LogP contribution in [0.15, 0.2) is 194 Å². The third-order valence-electron chi connectivity index (χ3n) is 10.2. The van der Waals surface area contributed by atoms with Gasteiger partial charge in [0.2, 0.25) is 0 Å². The molecule has 0 bridgehead atoms. The maximum atomic E-state index is 12.8. The molecule has 0 aromatic carbocycles. The lowest BCUT2D eigenvalue weighted by Gasteiger charge is -2.18. The minimum atomic E-state index is -0.872. The fourth-order valence-electron chi connectivity index (χ4n) is 6.27. The molecule has 0 saturated carbocycles. The first-order chi connectivity index (χ1) is 35.0. The van der Waals surface area contributed by atoms with Crippen LogP contribution in [0.1, 0.15) is 175 Å². The fraction of sp³-hybridized carbons (Fsp3) is 0.462. The fourth-order valence-corrected chi connectivity index (χ4v) is 6.27. The molecule has 71 heavy (non-hydrogen) atoms. The summed E-state index contributed by atoms with van der Waals surface area (Å²) in [6.45, 7) is 6.09. The molecule has 0 aliphatic rings. The number of hydrogen-bond donors (Lipinski definition) is 0. The van der Waals surface area contributed by atoms with Crippen molar-refractivity contribution in [1.82, 2.24) is 0 Å². The summed E-state index contributed by atoms with van der Waals surface area (Å²) in [6, 6.07) is 0. The monoisotopic (exact) mass is 971 g/mol. The molecule has 1 atom stereocenters. The summed E-state index contributed by atoms with van der Waals surface area (Å²) in [7, 11) is 0. The van der Waals surface area contributed by atoms with Crippen molar-refractivity contribution in [2.75, 3.05) is 13.2 Å². The second kappa shape index (κ2) is 56.8. The summed E-state index contributed by atoms with van der Waals surface area (Å²) in [5.74, 6) is -1.17. The van der Waals surface area contributed by atoms with Crippen molar-refractivity contribution in [1.29, 1.82) is 0 Å². The second-order valence-electron chi connectivity index (χ2n) is 16.7. The van der Waals surface area contributed by atoms with Crippen LogP contribution in [-0.2, 0) is 28.6 Å². The van der Waals surface area contributed by atoms with Crippen LogP contribution in [-0.4, -0.2) is 37.2 Å². The number of carbonyl (C=O) groups is 3. The maximum Gasteiger partial charge on any atom is 0.306 e. The molecule has 0 aliphatic heterocycles. The first kappa shape index (κ1) is 65.2. The topological polar surface area (TPSA) is 78.9 Å². The van der Waals surface area contributed by atoms with Gasteiger partial charge >= 0.3 is 17.9 Å². The third-order valence-corrected chi connectivity index (χ3v) is 10.2. The van der Waals surface area contributed by atoms with E-state index in [-0.39, 0.29) is 32.0 Å². The van der Waals surface area contributed by atoms with Gasteiger partial charge in [-0.3, -0.25) is 14.4 Å². The largest absolute Gasteiger partial charge is 0.462 e. The van der Waals surface area contributed by atoms with E-state index in [1.54, 1.807) is 0 Å². The van der Waals surface area contributed by atoms with Gasteiger partial charge in [0.25, 0.3) is 0 Å². The molecule has 0 aliphatic carbocycles. The number of rotatable bonds is 45. The summed E-state index contributed by atoms with van der Waals surface area (Å²) in [4.78, 5) is 38.0. The van der Waals surface area contributed by atoms with Crippen LogP contribution in [0.25, 0.3) is 0 Å².